The predicted octanol–water partition coefficient (Wildman–Crippen LogP) is 8.18. The fourth-order valence-corrected chi connectivity index (χ4v) is 6.89. The van der Waals surface area contributed by atoms with Crippen LogP contribution >= 0.6 is 0 Å². The number of benzene rings is 1. The molecule has 0 aromatic heterocycles. The highest BCUT2D eigenvalue weighted by Gasteiger charge is 2.30. The van der Waals surface area contributed by atoms with Gasteiger partial charge in [-0.15, -0.1) is 0 Å². The molecular weight excluding hydrogens is 521 g/mol. The van der Waals surface area contributed by atoms with E-state index in [2.05, 4.69) is 70.4 Å². The third kappa shape index (κ3) is 7.01. The minimum Gasteiger partial charge on any atom is -0.404 e. The number of halogens is 1. The minimum atomic E-state index is 0.0659. The van der Waals surface area contributed by atoms with Crippen molar-refractivity contribution in [1.82, 2.24) is 4.90 Å². The van der Waals surface area contributed by atoms with Crippen molar-refractivity contribution in [3.05, 3.63) is 57.7 Å². The minimum absolute atomic E-state index is 0.0659. The molecule has 1 aliphatic carbocycles. The summed E-state index contributed by atoms with van der Waals surface area (Å²) in [7, 11) is 0. The molecule has 2 heterocycles. The maximum absolute atomic E-state index is 15.1. The van der Waals surface area contributed by atoms with Crippen LogP contribution in [0.3, 0.4) is 0 Å². The molecule has 2 N–H and O–H groups in total. The lowest BCUT2D eigenvalue weighted by Crippen LogP contribution is -2.41. The zero-order valence-electron chi connectivity index (χ0n) is 27.4. The Morgan fingerprint density at radius 1 is 1.12 bits per heavy atom. The van der Waals surface area contributed by atoms with Crippen LogP contribution in [0, 0.1) is 12.3 Å². The summed E-state index contributed by atoms with van der Waals surface area (Å²) in [4.78, 5) is 15.3. The summed E-state index contributed by atoms with van der Waals surface area (Å²) in [5, 5.41) is 0. The van der Waals surface area contributed by atoms with Crippen molar-refractivity contribution in [2.75, 3.05) is 44.2 Å². The number of hydrogen-bond acceptors (Lipinski definition) is 5. The SMILES string of the molecule is CCCC(C)(CC)CN=C1CN(c2cc(C)cc3c2C(CC)=C(F)CC3)CC/C1=C(/C)N1CCCN=C(/C(C)=C\N)C1. The Morgan fingerprint density at radius 2 is 1.90 bits per heavy atom. The first-order valence-corrected chi connectivity index (χ1v) is 16.3. The van der Waals surface area contributed by atoms with E-state index in [1.807, 2.05) is 0 Å². The van der Waals surface area contributed by atoms with Crippen LogP contribution < -0.4 is 10.6 Å². The van der Waals surface area contributed by atoms with E-state index >= 15 is 4.39 Å². The first-order valence-electron chi connectivity index (χ1n) is 16.3. The molecule has 0 radical (unpaired) electrons. The Kier molecular flexibility index (Phi) is 10.7. The first kappa shape index (κ1) is 32.0. The highest BCUT2D eigenvalue weighted by molar-refractivity contribution is 6.06. The standard InChI is InChI=1S/C36H54FN5/c1-8-15-36(7,10-3)24-40-33-23-42(34-20-25(4)19-28-12-13-31(37)29(9-2)35(28)34)18-14-30(33)27(6)41-17-11-16-39-32(22-41)26(5)21-38/h19-21H,8-18,22-24,38H2,1-7H3/b26-21-,30-27+,40-33?. The van der Waals surface area contributed by atoms with Gasteiger partial charge in [-0.25, -0.2) is 4.39 Å². The molecule has 3 aliphatic rings. The van der Waals surface area contributed by atoms with Crippen molar-refractivity contribution in [3.63, 3.8) is 0 Å². The molecule has 6 heteroatoms. The smallest absolute Gasteiger partial charge is 0.104 e. The summed E-state index contributed by atoms with van der Waals surface area (Å²) in [6, 6.07) is 4.54. The van der Waals surface area contributed by atoms with Gasteiger partial charge in [0.05, 0.1) is 24.5 Å². The first-order chi connectivity index (χ1) is 20.1. The van der Waals surface area contributed by atoms with Gasteiger partial charge < -0.3 is 15.5 Å². The summed E-state index contributed by atoms with van der Waals surface area (Å²) in [6.07, 6.45) is 9.10. The van der Waals surface area contributed by atoms with Gasteiger partial charge in [0, 0.05) is 49.5 Å². The van der Waals surface area contributed by atoms with Crippen molar-refractivity contribution in [3.8, 4) is 0 Å². The lowest BCUT2D eigenvalue weighted by molar-refractivity contribution is 0.294. The number of hydrogen-bond donors (Lipinski definition) is 1. The Balaban J connectivity index is 1.76. The average Bonchev–Trinajstić information content (AvgIpc) is 3.26. The normalized spacial score (nSPS) is 22.1. The lowest BCUT2D eigenvalue weighted by Gasteiger charge is -2.38. The van der Waals surface area contributed by atoms with Crippen LogP contribution in [-0.4, -0.2) is 55.6 Å². The Hall–Kier alpha value is -2.89. The van der Waals surface area contributed by atoms with Crippen LogP contribution in [-0.2, 0) is 6.42 Å². The van der Waals surface area contributed by atoms with Crippen molar-refractivity contribution in [1.29, 1.82) is 0 Å². The van der Waals surface area contributed by atoms with Crippen LogP contribution in [0.2, 0.25) is 0 Å². The molecule has 42 heavy (non-hydrogen) atoms. The van der Waals surface area contributed by atoms with Crippen LogP contribution in [0.15, 0.2) is 51.0 Å². The summed E-state index contributed by atoms with van der Waals surface area (Å²) in [6.45, 7) is 20.6. The van der Waals surface area contributed by atoms with Crippen LogP contribution in [0.1, 0.15) is 103 Å². The number of piperidine rings is 1. The molecule has 0 spiro atoms. The third-order valence-electron chi connectivity index (χ3n) is 9.81. The van der Waals surface area contributed by atoms with E-state index in [0.717, 1.165) is 93.8 Å². The second-order valence-electron chi connectivity index (χ2n) is 12.9. The van der Waals surface area contributed by atoms with E-state index in [1.165, 1.54) is 46.6 Å². The fourth-order valence-electron chi connectivity index (χ4n) is 6.89. The topological polar surface area (TPSA) is 57.2 Å². The van der Waals surface area contributed by atoms with Crippen molar-refractivity contribution >= 4 is 22.7 Å². The second-order valence-corrected chi connectivity index (χ2v) is 12.9. The number of allylic oxidation sites excluding steroid dienone is 3. The van der Waals surface area contributed by atoms with E-state index in [-0.39, 0.29) is 11.2 Å². The van der Waals surface area contributed by atoms with Crippen molar-refractivity contribution < 1.29 is 4.39 Å². The van der Waals surface area contributed by atoms with Crippen molar-refractivity contribution in [2.45, 2.75) is 99.8 Å². The maximum Gasteiger partial charge on any atom is 0.104 e. The molecule has 1 aromatic rings. The van der Waals surface area contributed by atoms with E-state index in [1.54, 1.807) is 6.20 Å². The molecule has 5 nitrogen and oxygen atoms in total. The number of nitrogens with two attached hydrogens (primary N) is 1. The summed E-state index contributed by atoms with van der Waals surface area (Å²) in [5.41, 5.74) is 17.8. The van der Waals surface area contributed by atoms with Gasteiger partial charge in [0.15, 0.2) is 0 Å². The summed E-state index contributed by atoms with van der Waals surface area (Å²) in [5.74, 6) is 0.0659. The largest absolute Gasteiger partial charge is 0.404 e. The van der Waals surface area contributed by atoms with E-state index in [4.69, 9.17) is 15.7 Å². The van der Waals surface area contributed by atoms with Crippen molar-refractivity contribution in [2.24, 2.45) is 21.1 Å². The van der Waals surface area contributed by atoms with Gasteiger partial charge in [-0.3, -0.25) is 9.98 Å². The molecule has 1 saturated heterocycles. The maximum atomic E-state index is 15.1. The fraction of sp³-hybridized carbons (Fsp3) is 0.611. The molecule has 2 aliphatic heterocycles. The monoisotopic (exact) mass is 575 g/mol. The third-order valence-corrected chi connectivity index (χ3v) is 9.81. The molecule has 1 atom stereocenters. The number of fused-ring (bicyclic) bond motifs is 1. The van der Waals surface area contributed by atoms with Crippen LogP contribution in [0.25, 0.3) is 5.57 Å². The molecule has 0 saturated carbocycles. The number of nitrogens with zero attached hydrogens (tertiary/aromatic N) is 4. The zero-order chi connectivity index (χ0) is 30.4. The van der Waals surface area contributed by atoms with E-state index < -0.39 is 0 Å². The summed E-state index contributed by atoms with van der Waals surface area (Å²) < 4.78 is 15.1. The molecule has 230 valence electrons. The number of anilines is 1. The Bertz CT molecular complexity index is 1300. The second kappa shape index (κ2) is 14.1. The number of rotatable bonds is 9. The molecule has 1 fully saturated rings. The van der Waals surface area contributed by atoms with Crippen LogP contribution in [0.4, 0.5) is 10.1 Å². The number of aryl methyl sites for hydroxylation is 2. The highest BCUT2D eigenvalue weighted by atomic mass is 19.1. The van der Waals surface area contributed by atoms with Gasteiger partial charge in [0.25, 0.3) is 0 Å². The molecule has 1 aromatic carbocycles. The molecular formula is C36H54FN5. The predicted molar refractivity (Wildman–Crippen MR) is 179 cm³/mol. The summed E-state index contributed by atoms with van der Waals surface area (Å²) >= 11 is 0. The molecule has 4 rings (SSSR count). The van der Waals surface area contributed by atoms with Gasteiger partial charge in [0.2, 0.25) is 0 Å². The van der Waals surface area contributed by atoms with Gasteiger partial charge in [0.1, 0.15) is 5.83 Å². The average molecular weight is 576 g/mol. The molecule has 1 unspecified atom stereocenters. The quantitative estimate of drug-likeness (QED) is 0.323. The Labute approximate surface area is 254 Å². The van der Waals surface area contributed by atoms with E-state index in [9.17, 15) is 0 Å². The molecule has 0 amide bonds. The van der Waals surface area contributed by atoms with Gasteiger partial charge in [-0.05, 0) is 105 Å². The van der Waals surface area contributed by atoms with Gasteiger partial charge in [-0.2, -0.15) is 0 Å². The lowest BCUT2D eigenvalue weighted by atomic mass is 9.83. The zero-order valence-corrected chi connectivity index (χ0v) is 27.4. The number of aliphatic imine (C=N–C) groups is 2. The Morgan fingerprint density at radius 3 is 2.60 bits per heavy atom. The highest BCUT2D eigenvalue weighted by Crippen LogP contribution is 2.42. The van der Waals surface area contributed by atoms with Gasteiger partial charge in [-0.1, -0.05) is 40.2 Å². The molecule has 0 bridgehead atoms. The van der Waals surface area contributed by atoms with Gasteiger partial charge >= 0.3 is 0 Å². The van der Waals surface area contributed by atoms with Crippen LogP contribution in [0.5, 0.6) is 0 Å². The van der Waals surface area contributed by atoms with E-state index in [0.29, 0.717) is 6.42 Å².